The maximum atomic E-state index is 11.3. The van der Waals surface area contributed by atoms with Gasteiger partial charge in [-0.05, 0) is 64.6 Å². The Morgan fingerprint density at radius 1 is 1.00 bits per heavy atom. The number of hydrogen-bond acceptors (Lipinski definition) is 3. The van der Waals surface area contributed by atoms with Crippen molar-refractivity contribution in [1.82, 2.24) is 0 Å². The fourth-order valence-corrected chi connectivity index (χ4v) is 2.67. The molecule has 4 nitrogen and oxygen atoms in total. The quantitative estimate of drug-likeness (QED) is 0.686. The molecule has 0 radical (unpaired) electrons. The van der Waals surface area contributed by atoms with Crippen LogP contribution in [0.25, 0.3) is 11.1 Å². The van der Waals surface area contributed by atoms with Crippen molar-refractivity contribution in [2.24, 2.45) is 0 Å². The maximum absolute atomic E-state index is 11.3. The van der Waals surface area contributed by atoms with E-state index in [0.717, 1.165) is 31.8 Å². The van der Waals surface area contributed by atoms with Crippen molar-refractivity contribution in [3.8, 4) is 11.1 Å². The standard InChI is InChI=1S/C16H18IN3O/c1-10(21)20-14-7-11(6-13(9-14)18-2)15-8-12(17)4-5-16(15)19-3/h4-9,18-19H,1-3H3,(H,20,21). The highest BCUT2D eigenvalue weighted by molar-refractivity contribution is 14.1. The molecule has 21 heavy (non-hydrogen) atoms. The summed E-state index contributed by atoms with van der Waals surface area (Å²) >= 11 is 2.30. The van der Waals surface area contributed by atoms with E-state index in [-0.39, 0.29) is 5.91 Å². The van der Waals surface area contributed by atoms with Crippen LogP contribution in [0.5, 0.6) is 0 Å². The fraction of sp³-hybridized carbons (Fsp3) is 0.188. The van der Waals surface area contributed by atoms with Crippen LogP contribution in [0.15, 0.2) is 36.4 Å². The highest BCUT2D eigenvalue weighted by atomic mass is 127. The minimum Gasteiger partial charge on any atom is -0.388 e. The van der Waals surface area contributed by atoms with Crippen LogP contribution in [-0.4, -0.2) is 20.0 Å². The third kappa shape index (κ3) is 3.87. The van der Waals surface area contributed by atoms with E-state index in [1.807, 2.05) is 26.2 Å². The lowest BCUT2D eigenvalue weighted by atomic mass is 10.0. The highest BCUT2D eigenvalue weighted by Gasteiger charge is 2.08. The summed E-state index contributed by atoms with van der Waals surface area (Å²) in [7, 11) is 3.77. The SMILES string of the molecule is CNc1cc(NC(C)=O)cc(-c2cc(I)ccc2NC)c1. The van der Waals surface area contributed by atoms with E-state index in [9.17, 15) is 4.79 Å². The molecule has 0 aliphatic rings. The molecule has 0 unspecified atom stereocenters. The van der Waals surface area contributed by atoms with Gasteiger partial charge in [-0.3, -0.25) is 4.79 Å². The lowest BCUT2D eigenvalue weighted by molar-refractivity contribution is -0.114. The second-order valence-electron chi connectivity index (χ2n) is 4.67. The molecule has 0 aliphatic carbocycles. The molecular formula is C16H18IN3O. The van der Waals surface area contributed by atoms with Crippen molar-refractivity contribution in [2.45, 2.75) is 6.92 Å². The van der Waals surface area contributed by atoms with Gasteiger partial charge in [0.1, 0.15) is 0 Å². The Bertz CT molecular complexity index is 671. The van der Waals surface area contributed by atoms with Gasteiger partial charge in [0.05, 0.1) is 0 Å². The van der Waals surface area contributed by atoms with Gasteiger partial charge in [-0.15, -0.1) is 0 Å². The molecule has 0 heterocycles. The molecule has 0 aliphatic heterocycles. The monoisotopic (exact) mass is 395 g/mol. The van der Waals surface area contributed by atoms with E-state index in [2.05, 4.69) is 62.8 Å². The number of amides is 1. The van der Waals surface area contributed by atoms with Crippen molar-refractivity contribution in [2.75, 3.05) is 30.0 Å². The number of hydrogen-bond donors (Lipinski definition) is 3. The molecule has 0 fully saturated rings. The van der Waals surface area contributed by atoms with Crippen LogP contribution in [-0.2, 0) is 4.79 Å². The summed E-state index contributed by atoms with van der Waals surface area (Å²) in [5.74, 6) is -0.0781. The number of nitrogens with one attached hydrogen (secondary N) is 3. The highest BCUT2D eigenvalue weighted by Crippen LogP contribution is 2.33. The summed E-state index contributed by atoms with van der Waals surface area (Å²) in [6.07, 6.45) is 0. The van der Waals surface area contributed by atoms with Crippen molar-refractivity contribution >= 4 is 45.6 Å². The van der Waals surface area contributed by atoms with E-state index in [1.165, 1.54) is 6.92 Å². The lowest BCUT2D eigenvalue weighted by Gasteiger charge is -2.14. The van der Waals surface area contributed by atoms with E-state index in [0.29, 0.717) is 0 Å². The topological polar surface area (TPSA) is 53.2 Å². The minimum absolute atomic E-state index is 0.0781. The first-order valence-electron chi connectivity index (χ1n) is 6.61. The van der Waals surface area contributed by atoms with Gasteiger partial charge < -0.3 is 16.0 Å². The zero-order valence-electron chi connectivity index (χ0n) is 12.3. The van der Waals surface area contributed by atoms with E-state index < -0.39 is 0 Å². The fourth-order valence-electron chi connectivity index (χ4n) is 2.18. The Kier molecular flexibility index (Phi) is 5.06. The number of anilines is 3. The summed E-state index contributed by atoms with van der Waals surface area (Å²) in [6.45, 7) is 1.51. The molecular weight excluding hydrogens is 377 g/mol. The average Bonchev–Trinajstić information content (AvgIpc) is 2.46. The first-order valence-corrected chi connectivity index (χ1v) is 7.69. The molecule has 0 spiro atoms. The molecule has 0 atom stereocenters. The predicted octanol–water partition coefficient (Wildman–Crippen LogP) is 4.00. The average molecular weight is 395 g/mol. The molecule has 2 aromatic rings. The minimum atomic E-state index is -0.0781. The van der Waals surface area contributed by atoms with Crippen molar-refractivity contribution < 1.29 is 4.79 Å². The number of halogens is 1. The van der Waals surface area contributed by atoms with Crippen LogP contribution in [0.1, 0.15) is 6.92 Å². The summed E-state index contributed by atoms with van der Waals surface area (Å²) in [5, 5.41) is 9.18. The number of benzene rings is 2. The van der Waals surface area contributed by atoms with Crippen LogP contribution < -0.4 is 16.0 Å². The smallest absolute Gasteiger partial charge is 0.221 e. The second kappa shape index (κ2) is 6.80. The van der Waals surface area contributed by atoms with Gasteiger partial charge in [0, 0.05) is 47.2 Å². The molecule has 2 rings (SSSR count). The molecule has 3 N–H and O–H groups in total. The number of rotatable bonds is 4. The third-order valence-corrected chi connectivity index (χ3v) is 3.78. The molecule has 110 valence electrons. The third-order valence-electron chi connectivity index (χ3n) is 3.10. The van der Waals surface area contributed by atoms with Gasteiger partial charge in [0.15, 0.2) is 0 Å². The van der Waals surface area contributed by atoms with Crippen molar-refractivity contribution in [3.05, 3.63) is 40.0 Å². The van der Waals surface area contributed by atoms with Gasteiger partial charge in [0.25, 0.3) is 0 Å². The Morgan fingerprint density at radius 2 is 1.71 bits per heavy atom. The second-order valence-corrected chi connectivity index (χ2v) is 5.92. The van der Waals surface area contributed by atoms with Crippen LogP contribution in [0.3, 0.4) is 0 Å². The summed E-state index contributed by atoms with van der Waals surface area (Å²) < 4.78 is 1.16. The summed E-state index contributed by atoms with van der Waals surface area (Å²) in [6, 6.07) is 12.2. The van der Waals surface area contributed by atoms with Crippen molar-refractivity contribution in [1.29, 1.82) is 0 Å². The Labute approximate surface area is 138 Å². The molecule has 0 saturated heterocycles. The number of carbonyl (C=O) groups is 1. The number of carbonyl (C=O) groups excluding carboxylic acids is 1. The molecule has 0 saturated carbocycles. The molecule has 2 aromatic carbocycles. The van der Waals surface area contributed by atoms with Crippen LogP contribution >= 0.6 is 22.6 Å². The zero-order valence-corrected chi connectivity index (χ0v) is 14.4. The normalized spacial score (nSPS) is 10.1. The molecule has 0 aromatic heterocycles. The maximum Gasteiger partial charge on any atom is 0.221 e. The zero-order chi connectivity index (χ0) is 15.4. The summed E-state index contributed by atoms with van der Waals surface area (Å²) in [4.78, 5) is 11.3. The first-order chi connectivity index (χ1) is 10.0. The summed E-state index contributed by atoms with van der Waals surface area (Å²) in [5.41, 5.74) is 4.95. The lowest BCUT2D eigenvalue weighted by Crippen LogP contribution is -2.06. The van der Waals surface area contributed by atoms with Gasteiger partial charge in [-0.25, -0.2) is 0 Å². The van der Waals surface area contributed by atoms with Crippen LogP contribution in [0, 0.1) is 3.57 Å². The van der Waals surface area contributed by atoms with Crippen LogP contribution in [0.4, 0.5) is 17.1 Å². The van der Waals surface area contributed by atoms with Crippen LogP contribution in [0.2, 0.25) is 0 Å². The Balaban J connectivity index is 2.57. The molecule has 5 heteroatoms. The van der Waals surface area contributed by atoms with Crippen molar-refractivity contribution in [3.63, 3.8) is 0 Å². The predicted molar refractivity (Wildman–Crippen MR) is 98.0 cm³/mol. The largest absolute Gasteiger partial charge is 0.388 e. The van der Waals surface area contributed by atoms with Gasteiger partial charge in [-0.2, -0.15) is 0 Å². The first kappa shape index (κ1) is 15.6. The molecule has 1 amide bonds. The van der Waals surface area contributed by atoms with Gasteiger partial charge in [0.2, 0.25) is 5.91 Å². The van der Waals surface area contributed by atoms with Gasteiger partial charge in [-0.1, -0.05) is 0 Å². The van der Waals surface area contributed by atoms with E-state index >= 15 is 0 Å². The molecule has 0 bridgehead atoms. The van der Waals surface area contributed by atoms with E-state index in [1.54, 1.807) is 0 Å². The Hall–Kier alpha value is -1.76. The van der Waals surface area contributed by atoms with Gasteiger partial charge >= 0.3 is 0 Å². The Morgan fingerprint density at radius 3 is 2.33 bits per heavy atom. The van der Waals surface area contributed by atoms with E-state index in [4.69, 9.17) is 0 Å².